The third-order valence-electron chi connectivity index (χ3n) is 10.5. The van der Waals surface area contributed by atoms with Crippen LogP contribution in [0.25, 0.3) is 16.1 Å². The van der Waals surface area contributed by atoms with Crippen LogP contribution in [0.2, 0.25) is 5.02 Å². The van der Waals surface area contributed by atoms with Gasteiger partial charge in [0, 0.05) is 71.2 Å². The lowest BCUT2D eigenvalue weighted by molar-refractivity contribution is -0.132. The van der Waals surface area contributed by atoms with Gasteiger partial charge in [0.15, 0.2) is 5.82 Å². The molecule has 8 rings (SSSR count). The zero-order chi connectivity index (χ0) is 38.9. The van der Waals surface area contributed by atoms with Gasteiger partial charge in [-0.15, -0.1) is 21.5 Å². The molecule has 296 valence electrons. The first kappa shape index (κ1) is 40.1. The van der Waals surface area contributed by atoms with Gasteiger partial charge in [-0.25, -0.2) is 4.98 Å². The zero-order valence-corrected chi connectivity index (χ0v) is 34.5. The molecule has 2 N–H and O–H groups in total. The van der Waals surface area contributed by atoms with Crippen LogP contribution in [0.5, 0.6) is 0 Å². The summed E-state index contributed by atoms with van der Waals surface area (Å²) in [5.41, 5.74) is 7.75. The quantitative estimate of drug-likeness (QED) is 0.161. The summed E-state index contributed by atoms with van der Waals surface area (Å²) in [6.45, 7) is 9.54. The average molecular weight is 826 g/mol. The van der Waals surface area contributed by atoms with Crippen molar-refractivity contribution in [2.24, 2.45) is 4.99 Å². The summed E-state index contributed by atoms with van der Waals surface area (Å²) in [4.78, 5) is 53.1. The van der Waals surface area contributed by atoms with Crippen LogP contribution in [-0.4, -0.2) is 94.0 Å². The zero-order valence-electron chi connectivity index (χ0n) is 32.0. The Hall–Kier alpha value is -5.09. The largest absolute Gasteiger partial charge is 0.379 e. The number of benzene rings is 2. The van der Waals surface area contributed by atoms with Crippen LogP contribution in [0, 0.1) is 20.8 Å². The Morgan fingerprint density at radius 1 is 0.965 bits per heavy atom. The highest BCUT2D eigenvalue weighted by molar-refractivity contribution is 7.59. The molecule has 16 heteroatoms. The smallest absolute Gasteiger partial charge is 0.228 e. The van der Waals surface area contributed by atoms with E-state index in [2.05, 4.69) is 39.6 Å². The SMILES string of the molecule is Cc1sc2c(c1C)C(c1ccc(Cl)cc1)=N[C@@H](CC(=O)NCCOCCC(=O)N1CCN(c3ccc(-c4ccc5c(c4)CC(=O)N5)cn3)CC1)c1nnc(C)n1-2.S. The van der Waals surface area contributed by atoms with Gasteiger partial charge in [-0.05, 0) is 73.9 Å². The number of aromatic nitrogens is 4. The summed E-state index contributed by atoms with van der Waals surface area (Å²) < 4.78 is 7.78. The molecule has 13 nitrogen and oxygen atoms in total. The second-order valence-electron chi connectivity index (χ2n) is 14.2. The summed E-state index contributed by atoms with van der Waals surface area (Å²) in [6, 6.07) is 17.1. The standard InChI is InChI=1S/C41H42ClN9O4S.H2S/c1-24-25(2)56-41-38(24)39(27-4-8-31(42)9-5-27)46-33(40-48-47-26(3)51(40)41)22-35(52)43-13-19-55-18-12-37(54)50-16-14-49(15-17-50)34-11-7-29(23-44-34)28-6-10-32-30(20-28)21-36(53)45-32;/h4-11,20,23,33H,12-19,21-22H2,1-3H3,(H,43,52)(H,45,53);1H2/t33-;/m0./s1. The molecule has 0 radical (unpaired) electrons. The van der Waals surface area contributed by atoms with E-state index in [1.165, 1.54) is 4.88 Å². The minimum absolute atomic E-state index is 0. The lowest BCUT2D eigenvalue weighted by Gasteiger charge is -2.35. The first-order chi connectivity index (χ1) is 27.1. The van der Waals surface area contributed by atoms with Crippen LogP contribution in [0.4, 0.5) is 11.5 Å². The number of hydrogen-bond donors (Lipinski definition) is 2. The van der Waals surface area contributed by atoms with Gasteiger partial charge in [-0.2, -0.15) is 13.5 Å². The topological polar surface area (TPSA) is 147 Å². The molecule has 3 aliphatic heterocycles. The molecule has 1 fully saturated rings. The Kier molecular flexibility index (Phi) is 12.1. The number of hydrogen-bond acceptors (Lipinski definition) is 10. The normalized spacial score (nSPS) is 15.8. The summed E-state index contributed by atoms with van der Waals surface area (Å²) in [5.74, 6) is 2.11. The van der Waals surface area contributed by atoms with Crippen LogP contribution >= 0.6 is 36.4 Å². The Morgan fingerprint density at radius 2 is 1.72 bits per heavy atom. The van der Waals surface area contributed by atoms with Gasteiger partial charge >= 0.3 is 0 Å². The highest BCUT2D eigenvalue weighted by atomic mass is 35.5. The van der Waals surface area contributed by atoms with E-state index in [1.807, 2.05) is 77.2 Å². The molecule has 0 unspecified atom stereocenters. The number of rotatable bonds is 11. The van der Waals surface area contributed by atoms with Gasteiger partial charge in [0.2, 0.25) is 17.7 Å². The van der Waals surface area contributed by atoms with E-state index < -0.39 is 6.04 Å². The van der Waals surface area contributed by atoms with E-state index in [1.54, 1.807) is 11.3 Å². The molecule has 6 heterocycles. The van der Waals surface area contributed by atoms with Crippen molar-refractivity contribution in [2.75, 3.05) is 56.2 Å². The summed E-state index contributed by atoms with van der Waals surface area (Å²) in [5, 5.41) is 16.3. The molecule has 1 atom stereocenters. The van der Waals surface area contributed by atoms with E-state index in [-0.39, 0.29) is 57.3 Å². The summed E-state index contributed by atoms with van der Waals surface area (Å²) in [6.07, 6.45) is 2.61. The maximum Gasteiger partial charge on any atom is 0.228 e. The molecular formula is C41H44ClN9O4S2. The predicted molar refractivity (Wildman–Crippen MR) is 228 cm³/mol. The van der Waals surface area contributed by atoms with Crippen molar-refractivity contribution in [1.29, 1.82) is 0 Å². The van der Waals surface area contributed by atoms with Gasteiger partial charge in [0.25, 0.3) is 0 Å². The Morgan fingerprint density at radius 3 is 2.47 bits per heavy atom. The summed E-state index contributed by atoms with van der Waals surface area (Å²) in [7, 11) is 0. The van der Waals surface area contributed by atoms with Gasteiger partial charge in [-0.3, -0.25) is 23.9 Å². The number of pyridine rings is 1. The third-order valence-corrected chi connectivity index (χ3v) is 12.0. The number of aliphatic imine (C=N–C) groups is 1. The lowest BCUT2D eigenvalue weighted by atomic mass is 9.99. The van der Waals surface area contributed by atoms with Gasteiger partial charge in [0.05, 0.1) is 38.2 Å². The monoisotopic (exact) mass is 825 g/mol. The number of nitrogens with zero attached hydrogens (tertiary/aromatic N) is 7. The number of carbonyl (C=O) groups is 3. The molecule has 1 saturated heterocycles. The maximum absolute atomic E-state index is 13.3. The van der Waals surface area contributed by atoms with Crippen LogP contribution in [-0.2, 0) is 25.5 Å². The van der Waals surface area contributed by atoms with Gasteiger partial charge < -0.3 is 25.2 Å². The minimum Gasteiger partial charge on any atom is -0.379 e. The van der Waals surface area contributed by atoms with Crippen molar-refractivity contribution < 1.29 is 19.1 Å². The molecule has 0 spiro atoms. The number of aryl methyl sites for hydroxylation is 2. The fourth-order valence-corrected chi connectivity index (χ4v) is 8.74. The molecule has 3 amide bonds. The Labute approximate surface area is 347 Å². The van der Waals surface area contributed by atoms with Crippen molar-refractivity contribution in [3.63, 3.8) is 0 Å². The number of carbonyl (C=O) groups excluding carboxylic acids is 3. The van der Waals surface area contributed by atoms with E-state index >= 15 is 0 Å². The number of halogens is 1. The number of ether oxygens (including phenoxy) is 1. The first-order valence-corrected chi connectivity index (χ1v) is 19.9. The number of fused-ring (bicyclic) bond motifs is 4. The number of amides is 3. The van der Waals surface area contributed by atoms with E-state index in [9.17, 15) is 14.4 Å². The van der Waals surface area contributed by atoms with Crippen LogP contribution in [0.3, 0.4) is 0 Å². The number of anilines is 2. The van der Waals surface area contributed by atoms with Crippen LogP contribution in [0.15, 0.2) is 65.8 Å². The molecular weight excluding hydrogens is 782 g/mol. The van der Waals surface area contributed by atoms with E-state index in [0.717, 1.165) is 61.4 Å². The molecule has 0 saturated carbocycles. The Bertz CT molecular complexity index is 2330. The minimum atomic E-state index is -0.558. The van der Waals surface area contributed by atoms with Crippen molar-refractivity contribution in [3.8, 4) is 16.1 Å². The lowest BCUT2D eigenvalue weighted by Crippen LogP contribution is -2.49. The molecule has 3 aliphatic rings. The number of piperazine rings is 1. The van der Waals surface area contributed by atoms with Gasteiger partial charge in [0.1, 0.15) is 22.7 Å². The Balaban J connectivity index is 0.00000496. The van der Waals surface area contributed by atoms with Crippen molar-refractivity contribution >= 4 is 71.4 Å². The summed E-state index contributed by atoms with van der Waals surface area (Å²) >= 11 is 7.89. The molecule has 0 aliphatic carbocycles. The van der Waals surface area contributed by atoms with Gasteiger partial charge in [-0.1, -0.05) is 29.8 Å². The number of thiophene rings is 1. The molecule has 3 aromatic heterocycles. The molecule has 0 bridgehead atoms. The second kappa shape index (κ2) is 17.2. The van der Waals surface area contributed by atoms with Crippen LogP contribution in [0.1, 0.15) is 57.7 Å². The second-order valence-corrected chi connectivity index (χ2v) is 15.8. The van der Waals surface area contributed by atoms with Crippen molar-refractivity contribution in [1.82, 2.24) is 30.0 Å². The first-order valence-electron chi connectivity index (χ1n) is 18.8. The highest BCUT2D eigenvalue weighted by Gasteiger charge is 2.32. The fourth-order valence-electron chi connectivity index (χ4n) is 7.40. The maximum atomic E-state index is 13.3. The van der Waals surface area contributed by atoms with E-state index in [0.29, 0.717) is 50.0 Å². The van der Waals surface area contributed by atoms with Crippen molar-refractivity contribution in [3.05, 3.63) is 105 Å². The number of nitrogens with one attached hydrogen (secondary N) is 2. The van der Waals surface area contributed by atoms with Crippen LogP contribution < -0.4 is 15.5 Å². The fraction of sp³-hybridized carbons (Fsp3) is 0.341. The predicted octanol–water partition coefficient (Wildman–Crippen LogP) is 5.73. The average Bonchev–Trinajstić information content (AvgIpc) is 3.84. The molecule has 57 heavy (non-hydrogen) atoms. The highest BCUT2D eigenvalue weighted by Crippen LogP contribution is 2.39. The van der Waals surface area contributed by atoms with E-state index in [4.69, 9.17) is 26.3 Å². The molecule has 2 aromatic carbocycles. The molecule has 5 aromatic rings. The third kappa shape index (κ3) is 8.47. The van der Waals surface area contributed by atoms with Crippen molar-refractivity contribution in [2.45, 2.75) is 46.1 Å².